The van der Waals surface area contributed by atoms with Crippen molar-refractivity contribution in [2.45, 2.75) is 19.5 Å². The zero-order valence-electron chi connectivity index (χ0n) is 9.38. The Kier molecular flexibility index (Phi) is 3.38. The van der Waals surface area contributed by atoms with Crippen LogP contribution in [-0.4, -0.2) is 29.6 Å². The van der Waals surface area contributed by atoms with Gasteiger partial charge in [-0.1, -0.05) is 6.92 Å². The normalized spacial score (nSPS) is 19.1. The van der Waals surface area contributed by atoms with Crippen molar-refractivity contribution in [3.63, 3.8) is 0 Å². The summed E-state index contributed by atoms with van der Waals surface area (Å²) in [5.74, 6) is 0. The lowest BCUT2D eigenvalue weighted by molar-refractivity contribution is 0.127. The second-order valence-corrected chi connectivity index (χ2v) is 3.72. The fourth-order valence-corrected chi connectivity index (χ4v) is 1.85. The third-order valence-electron chi connectivity index (χ3n) is 2.59. The van der Waals surface area contributed by atoms with Gasteiger partial charge in [0, 0.05) is 26.0 Å². The third-order valence-corrected chi connectivity index (χ3v) is 2.59. The second-order valence-electron chi connectivity index (χ2n) is 3.72. The van der Waals surface area contributed by atoms with E-state index in [1.807, 2.05) is 36.2 Å². The molecule has 0 amide bonds. The minimum atomic E-state index is -1.65. The Balaban J connectivity index is 3.07. The highest BCUT2D eigenvalue weighted by molar-refractivity contribution is 5.31. The number of rotatable bonds is 3. The number of nitrogens with zero attached hydrogens (tertiary/aromatic N) is 5. The van der Waals surface area contributed by atoms with Crippen LogP contribution in [0.5, 0.6) is 0 Å². The fraction of sp³-hybridized carbons (Fsp3) is 0.545. The van der Waals surface area contributed by atoms with Crippen LogP contribution in [0.25, 0.3) is 0 Å². The largest absolute Gasteiger partial charge is 0.356 e. The van der Waals surface area contributed by atoms with Gasteiger partial charge in [-0.05, 0) is 6.42 Å². The van der Waals surface area contributed by atoms with Gasteiger partial charge in [-0.25, -0.2) is 0 Å². The van der Waals surface area contributed by atoms with Crippen molar-refractivity contribution in [1.29, 1.82) is 15.8 Å². The van der Waals surface area contributed by atoms with Crippen molar-refractivity contribution in [2.24, 2.45) is 5.41 Å². The smallest absolute Gasteiger partial charge is 0.266 e. The molecule has 5 heteroatoms. The summed E-state index contributed by atoms with van der Waals surface area (Å²) in [6.07, 6.45) is 3.97. The van der Waals surface area contributed by atoms with Gasteiger partial charge < -0.3 is 9.80 Å². The molecule has 16 heavy (non-hydrogen) atoms. The lowest BCUT2D eigenvalue weighted by Crippen LogP contribution is -2.48. The monoisotopic (exact) mass is 215 g/mol. The number of hydrogen-bond acceptors (Lipinski definition) is 5. The van der Waals surface area contributed by atoms with E-state index in [1.54, 1.807) is 18.1 Å². The molecule has 82 valence electrons. The molecule has 1 rings (SSSR count). The molecule has 1 unspecified atom stereocenters. The molecule has 0 aromatic rings. The Labute approximate surface area is 95.4 Å². The number of nitriles is 3. The molecule has 0 radical (unpaired) electrons. The Morgan fingerprint density at radius 1 is 1.19 bits per heavy atom. The van der Waals surface area contributed by atoms with Gasteiger partial charge in [0.25, 0.3) is 5.41 Å². The molecular formula is C11H13N5. The molecule has 0 aromatic heterocycles. The summed E-state index contributed by atoms with van der Waals surface area (Å²) in [6, 6.07) is 5.49. The lowest BCUT2D eigenvalue weighted by atomic mass is 9.88. The molecule has 0 saturated heterocycles. The van der Waals surface area contributed by atoms with E-state index in [0.717, 1.165) is 13.0 Å². The van der Waals surface area contributed by atoms with Gasteiger partial charge in [0.1, 0.15) is 24.4 Å². The van der Waals surface area contributed by atoms with Crippen LogP contribution >= 0.6 is 0 Å². The zero-order chi connectivity index (χ0) is 12.2. The van der Waals surface area contributed by atoms with Crippen molar-refractivity contribution in [3.05, 3.63) is 12.4 Å². The van der Waals surface area contributed by atoms with E-state index in [2.05, 4.69) is 0 Å². The van der Waals surface area contributed by atoms with E-state index in [1.165, 1.54) is 0 Å². The Morgan fingerprint density at radius 2 is 1.75 bits per heavy atom. The fourth-order valence-electron chi connectivity index (χ4n) is 1.85. The van der Waals surface area contributed by atoms with Crippen LogP contribution in [0.1, 0.15) is 13.3 Å². The SMILES string of the molecule is CCCN1C=CN(C)C1C(C#N)(C#N)C#N. The van der Waals surface area contributed by atoms with Crippen LogP contribution in [0.4, 0.5) is 0 Å². The van der Waals surface area contributed by atoms with Gasteiger partial charge in [0.2, 0.25) is 0 Å². The average Bonchev–Trinajstić information content (AvgIpc) is 2.66. The molecule has 1 aliphatic rings. The summed E-state index contributed by atoms with van der Waals surface area (Å²) in [5, 5.41) is 27.2. The molecule has 0 aliphatic carbocycles. The predicted octanol–water partition coefficient (Wildman–Crippen LogP) is 0.998. The molecule has 5 nitrogen and oxygen atoms in total. The standard InChI is InChI=1S/C11H13N5/c1-3-4-16-6-5-15(2)10(16)11(7-12,8-13)9-14/h5-6,10H,3-4H2,1-2H3. The van der Waals surface area contributed by atoms with Crippen LogP contribution in [0.2, 0.25) is 0 Å². The van der Waals surface area contributed by atoms with Gasteiger partial charge in [-0.2, -0.15) is 15.8 Å². The maximum absolute atomic E-state index is 9.06. The summed E-state index contributed by atoms with van der Waals surface area (Å²) in [5.41, 5.74) is -1.65. The van der Waals surface area contributed by atoms with Crippen LogP contribution in [0, 0.1) is 39.4 Å². The second kappa shape index (κ2) is 4.55. The molecule has 1 heterocycles. The highest BCUT2D eigenvalue weighted by atomic mass is 15.4. The first-order chi connectivity index (χ1) is 7.65. The lowest BCUT2D eigenvalue weighted by Gasteiger charge is -2.34. The van der Waals surface area contributed by atoms with Gasteiger partial charge >= 0.3 is 0 Å². The minimum absolute atomic E-state index is 0.521. The van der Waals surface area contributed by atoms with E-state index in [9.17, 15) is 0 Å². The Morgan fingerprint density at radius 3 is 2.19 bits per heavy atom. The maximum Gasteiger partial charge on any atom is 0.266 e. The highest BCUT2D eigenvalue weighted by Crippen LogP contribution is 2.30. The van der Waals surface area contributed by atoms with Crippen LogP contribution in [-0.2, 0) is 0 Å². The minimum Gasteiger partial charge on any atom is -0.356 e. The van der Waals surface area contributed by atoms with Crippen LogP contribution in [0.15, 0.2) is 12.4 Å². The van der Waals surface area contributed by atoms with Crippen molar-refractivity contribution >= 4 is 0 Å². The quantitative estimate of drug-likeness (QED) is 0.701. The summed E-state index contributed by atoms with van der Waals surface area (Å²) < 4.78 is 0. The van der Waals surface area contributed by atoms with E-state index in [4.69, 9.17) is 15.8 Å². The average molecular weight is 215 g/mol. The summed E-state index contributed by atoms with van der Waals surface area (Å²) in [4.78, 5) is 3.58. The Hall–Kier alpha value is -2.19. The third kappa shape index (κ3) is 1.66. The first-order valence-electron chi connectivity index (χ1n) is 5.05. The van der Waals surface area contributed by atoms with E-state index in [-0.39, 0.29) is 0 Å². The topological polar surface area (TPSA) is 77.8 Å². The Bertz CT molecular complexity index is 370. The maximum atomic E-state index is 9.06. The highest BCUT2D eigenvalue weighted by Gasteiger charge is 2.46. The summed E-state index contributed by atoms with van der Waals surface area (Å²) in [7, 11) is 1.76. The van der Waals surface area contributed by atoms with Gasteiger partial charge in [0.15, 0.2) is 0 Å². The van der Waals surface area contributed by atoms with Crippen LogP contribution in [0.3, 0.4) is 0 Å². The predicted molar refractivity (Wildman–Crippen MR) is 57.0 cm³/mol. The molecule has 0 saturated carbocycles. The van der Waals surface area contributed by atoms with Gasteiger partial charge in [-0.3, -0.25) is 0 Å². The summed E-state index contributed by atoms with van der Waals surface area (Å²) >= 11 is 0. The summed E-state index contributed by atoms with van der Waals surface area (Å²) in [6.45, 7) is 2.73. The van der Waals surface area contributed by atoms with Gasteiger partial charge in [0.05, 0.1) is 0 Å². The van der Waals surface area contributed by atoms with E-state index in [0.29, 0.717) is 0 Å². The molecule has 1 aliphatic heterocycles. The molecule has 1 atom stereocenters. The first kappa shape index (κ1) is 11.9. The molecule has 0 fully saturated rings. The molecule has 0 N–H and O–H groups in total. The van der Waals surface area contributed by atoms with Crippen LogP contribution < -0.4 is 0 Å². The van der Waals surface area contributed by atoms with Crippen molar-refractivity contribution < 1.29 is 0 Å². The van der Waals surface area contributed by atoms with Gasteiger partial charge in [-0.15, -0.1) is 0 Å². The molecule has 0 spiro atoms. The van der Waals surface area contributed by atoms with Crippen molar-refractivity contribution in [3.8, 4) is 18.2 Å². The van der Waals surface area contributed by atoms with E-state index < -0.39 is 11.6 Å². The van der Waals surface area contributed by atoms with Crippen molar-refractivity contribution in [1.82, 2.24) is 9.80 Å². The number of hydrogen-bond donors (Lipinski definition) is 0. The molecule has 0 bridgehead atoms. The van der Waals surface area contributed by atoms with Crippen molar-refractivity contribution in [2.75, 3.05) is 13.6 Å². The molecule has 0 aromatic carbocycles. The zero-order valence-corrected chi connectivity index (χ0v) is 9.38. The molecular weight excluding hydrogens is 202 g/mol. The van der Waals surface area contributed by atoms with E-state index >= 15 is 0 Å². The first-order valence-corrected chi connectivity index (χ1v) is 5.05.